The van der Waals surface area contributed by atoms with E-state index >= 15 is 0 Å². The molecule has 3 nitrogen and oxygen atoms in total. The Morgan fingerprint density at radius 1 is 1.47 bits per heavy atom. The number of ether oxygens (including phenoxy) is 1. The van der Waals surface area contributed by atoms with Gasteiger partial charge in [-0.2, -0.15) is 12.6 Å². The normalized spacial score (nSPS) is 13.2. The van der Waals surface area contributed by atoms with Crippen molar-refractivity contribution in [3.8, 4) is 5.75 Å². The van der Waals surface area contributed by atoms with Gasteiger partial charge in [0.25, 0.3) is 0 Å². The van der Waals surface area contributed by atoms with E-state index in [-0.39, 0.29) is 10.8 Å². The Morgan fingerprint density at radius 2 is 2.12 bits per heavy atom. The van der Waals surface area contributed by atoms with Gasteiger partial charge in [-0.3, -0.25) is 0 Å². The van der Waals surface area contributed by atoms with Gasteiger partial charge in [0.1, 0.15) is 12.0 Å². The molecule has 1 unspecified atom stereocenters. The van der Waals surface area contributed by atoms with Crippen molar-refractivity contribution >= 4 is 18.6 Å². The minimum atomic E-state index is -0.949. The first-order valence-corrected chi connectivity index (χ1v) is 5.93. The summed E-state index contributed by atoms with van der Waals surface area (Å²) < 4.78 is 5.29. The standard InChI is InChI=1S/C13H16O3S/c1-10(17)7-8-11(13(14)15)9-16-12-5-3-2-4-6-12/h2-6,9-10,17H,7-8H2,1H3,(H,14,15). The second-order valence-corrected chi connectivity index (χ2v) is 4.65. The second-order valence-electron chi connectivity index (χ2n) is 3.77. The number of rotatable bonds is 6. The number of carboxylic acids is 1. The molecule has 17 heavy (non-hydrogen) atoms. The lowest BCUT2D eigenvalue weighted by Gasteiger charge is -2.05. The van der Waals surface area contributed by atoms with Crippen molar-refractivity contribution in [1.29, 1.82) is 0 Å². The fraction of sp³-hybridized carbons (Fsp3) is 0.308. The maximum atomic E-state index is 11.0. The molecule has 4 heteroatoms. The average molecular weight is 252 g/mol. The molecule has 0 saturated carbocycles. The van der Waals surface area contributed by atoms with Crippen LogP contribution < -0.4 is 4.74 Å². The molecule has 0 spiro atoms. The monoisotopic (exact) mass is 252 g/mol. The fourth-order valence-corrected chi connectivity index (χ4v) is 1.35. The number of benzene rings is 1. The molecule has 0 amide bonds. The summed E-state index contributed by atoms with van der Waals surface area (Å²) in [6.45, 7) is 1.93. The van der Waals surface area contributed by atoms with E-state index in [4.69, 9.17) is 9.84 Å². The highest BCUT2D eigenvalue weighted by Crippen LogP contribution is 2.14. The Kier molecular flexibility index (Phi) is 5.63. The highest BCUT2D eigenvalue weighted by molar-refractivity contribution is 7.80. The number of para-hydroxylation sites is 1. The molecular formula is C13H16O3S. The quantitative estimate of drug-likeness (QED) is 0.464. The predicted octanol–water partition coefficient (Wildman–Crippen LogP) is 3.13. The van der Waals surface area contributed by atoms with E-state index in [1.54, 1.807) is 12.1 Å². The lowest BCUT2D eigenvalue weighted by molar-refractivity contribution is -0.132. The minimum Gasteiger partial charge on any atom is -0.478 e. The van der Waals surface area contributed by atoms with Crippen molar-refractivity contribution in [2.24, 2.45) is 0 Å². The number of aliphatic carboxylic acids is 1. The summed E-state index contributed by atoms with van der Waals surface area (Å²) >= 11 is 4.22. The van der Waals surface area contributed by atoms with Crippen LogP contribution in [-0.2, 0) is 4.79 Å². The summed E-state index contributed by atoms with van der Waals surface area (Å²) in [5.74, 6) is -0.319. The smallest absolute Gasteiger partial charge is 0.334 e. The van der Waals surface area contributed by atoms with Gasteiger partial charge >= 0.3 is 5.97 Å². The van der Waals surface area contributed by atoms with Gasteiger partial charge in [0.2, 0.25) is 0 Å². The molecule has 92 valence electrons. The van der Waals surface area contributed by atoms with Gasteiger partial charge in [-0.05, 0) is 30.2 Å². The van der Waals surface area contributed by atoms with Crippen molar-refractivity contribution < 1.29 is 14.6 Å². The van der Waals surface area contributed by atoms with Gasteiger partial charge < -0.3 is 9.84 Å². The predicted molar refractivity (Wildman–Crippen MR) is 70.5 cm³/mol. The third kappa shape index (κ3) is 5.45. The Labute approximate surface area is 107 Å². The van der Waals surface area contributed by atoms with Crippen LogP contribution in [0.25, 0.3) is 0 Å². The summed E-state index contributed by atoms with van der Waals surface area (Å²) in [5.41, 5.74) is 0.259. The third-order valence-electron chi connectivity index (χ3n) is 2.19. The van der Waals surface area contributed by atoms with Gasteiger partial charge in [-0.25, -0.2) is 4.79 Å². The number of hydrogen-bond donors (Lipinski definition) is 2. The SMILES string of the molecule is CC(S)CCC(=COc1ccccc1)C(=O)O. The average Bonchev–Trinajstić information content (AvgIpc) is 2.29. The molecule has 0 bridgehead atoms. The van der Waals surface area contributed by atoms with E-state index in [1.807, 2.05) is 25.1 Å². The van der Waals surface area contributed by atoms with Crippen molar-refractivity contribution in [2.75, 3.05) is 0 Å². The first kappa shape index (κ1) is 13.6. The van der Waals surface area contributed by atoms with Gasteiger partial charge in [0.15, 0.2) is 0 Å². The Balaban J connectivity index is 2.61. The molecule has 0 fully saturated rings. The van der Waals surface area contributed by atoms with Crippen LogP contribution in [0.15, 0.2) is 42.2 Å². The fourth-order valence-electron chi connectivity index (χ4n) is 1.22. The molecule has 0 aliphatic carbocycles. The Bertz CT molecular complexity index is 385. The summed E-state index contributed by atoms with van der Waals surface area (Å²) in [7, 11) is 0. The summed E-state index contributed by atoms with van der Waals surface area (Å²) in [5, 5.41) is 9.17. The number of carboxylic acid groups (broad SMARTS) is 1. The van der Waals surface area contributed by atoms with E-state index in [0.717, 1.165) is 0 Å². The van der Waals surface area contributed by atoms with E-state index < -0.39 is 5.97 Å². The lowest BCUT2D eigenvalue weighted by Crippen LogP contribution is -2.04. The molecule has 1 rings (SSSR count). The second kappa shape index (κ2) is 7.01. The van der Waals surface area contributed by atoms with E-state index in [2.05, 4.69) is 12.6 Å². The summed E-state index contributed by atoms with van der Waals surface area (Å²) in [6, 6.07) is 9.09. The molecule has 1 aromatic rings. The maximum absolute atomic E-state index is 11.0. The van der Waals surface area contributed by atoms with E-state index in [0.29, 0.717) is 18.6 Å². The molecule has 1 aromatic carbocycles. The lowest BCUT2D eigenvalue weighted by atomic mass is 10.1. The largest absolute Gasteiger partial charge is 0.478 e. The van der Waals surface area contributed by atoms with Gasteiger partial charge in [0.05, 0.1) is 5.57 Å². The van der Waals surface area contributed by atoms with Gasteiger partial charge in [-0.15, -0.1) is 0 Å². The van der Waals surface area contributed by atoms with Crippen molar-refractivity contribution in [3.63, 3.8) is 0 Å². The molecule has 0 saturated heterocycles. The van der Waals surface area contributed by atoms with Crippen molar-refractivity contribution in [3.05, 3.63) is 42.2 Å². The molecule has 0 aliphatic rings. The molecule has 0 heterocycles. The first-order chi connectivity index (χ1) is 8.09. The van der Waals surface area contributed by atoms with Crippen LogP contribution in [0.2, 0.25) is 0 Å². The van der Waals surface area contributed by atoms with Crippen LogP contribution >= 0.6 is 12.6 Å². The zero-order valence-corrected chi connectivity index (χ0v) is 10.6. The third-order valence-corrected chi connectivity index (χ3v) is 2.44. The highest BCUT2D eigenvalue weighted by Gasteiger charge is 2.09. The van der Waals surface area contributed by atoms with Crippen molar-refractivity contribution in [1.82, 2.24) is 0 Å². The summed E-state index contributed by atoms with van der Waals surface area (Å²) in [6.07, 6.45) is 2.46. The van der Waals surface area contributed by atoms with Crippen LogP contribution in [0.4, 0.5) is 0 Å². The van der Waals surface area contributed by atoms with Crippen LogP contribution in [-0.4, -0.2) is 16.3 Å². The zero-order chi connectivity index (χ0) is 12.7. The van der Waals surface area contributed by atoms with Crippen LogP contribution in [0.3, 0.4) is 0 Å². The zero-order valence-electron chi connectivity index (χ0n) is 9.67. The molecule has 1 atom stereocenters. The molecule has 0 aromatic heterocycles. The van der Waals surface area contributed by atoms with Crippen LogP contribution in [0, 0.1) is 0 Å². The van der Waals surface area contributed by atoms with Crippen LogP contribution in [0.1, 0.15) is 19.8 Å². The van der Waals surface area contributed by atoms with E-state index in [9.17, 15) is 4.79 Å². The minimum absolute atomic E-state index is 0.175. The molecule has 0 radical (unpaired) electrons. The number of hydrogen-bond acceptors (Lipinski definition) is 3. The number of carbonyl (C=O) groups is 1. The Morgan fingerprint density at radius 3 is 2.65 bits per heavy atom. The first-order valence-electron chi connectivity index (χ1n) is 5.41. The van der Waals surface area contributed by atoms with Gasteiger partial charge in [-0.1, -0.05) is 25.1 Å². The number of thiol groups is 1. The highest BCUT2D eigenvalue weighted by atomic mass is 32.1. The molecular weight excluding hydrogens is 236 g/mol. The Hall–Kier alpha value is -1.42. The molecule has 0 aliphatic heterocycles. The topological polar surface area (TPSA) is 46.5 Å². The maximum Gasteiger partial charge on any atom is 0.334 e. The summed E-state index contributed by atoms with van der Waals surface area (Å²) in [4.78, 5) is 11.0. The molecule has 1 N–H and O–H groups in total. The van der Waals surface area contributed by atoms with Crippen LogP contribution in [0.5, 0.6) is 5.75 Å². The van der Waals surface area contributed by atoms with Crippen molar-refractivity contribution in [2.45, 2.75) is 25.0 Å². The van der Waals surface area contributed by atoms with E-state index in [1.165, 1.54) is 6.26 Å². The van der Waals surface area contributed by atoms with Gasteiger partial charge in [0, 0.05) is 0 Å².